The number of carbonyl (C=O) groups is 1. The Labute approximate surface area is 137 Å². The summed E-state index contributed by atoms with van der Waals surface area (Å²) in [5.41, 5.74) is 2.92. The summed E-state index contributed by atoms with van der Waals surface area (Å²) in [6.07, 6.45) is 9.64. The van der Waals surface area contributed by atoms with Crippen LogP contribution in [0, 0.1) is 12.3 Å². The minimum absolute atomic E-state index is 0.282. The van der Waals surface area contributed by atoms with E-state index in [1.165, 1.54) is 0 Å². The molecule has 2 aromatic carbocycles. The van der Waals surface area contributed by atoms with Gasteiger partial charge < -0.3 is 10.1 Å². The van der Waals surface area contributed by atoms with Crippen molar-refractivity contribution in [1.29, 1.82) is 0 Å². The average Bonchev–Trinajstić information content (AvgIpc) is 2.61. The first-order valence-electron chi connectivity index (χ1n) is 7.46. The van der Waals surface area contributed by atoms with Gasteiger partial charge >= 0.3 is 6.09 Å². The number of hydrogen-bond acceptors (Lipinski definition) is 2. The van der Waals surface area contributed by atoms with E-state index in [9.17, 15) is 4.79 Å². The van der Waals surface area contributed by atoms with Gasteiger partial charge in [0.2, 0.25) is 0 Å². The van der Waals surface area contributed by atoms with Crippen molar-refractivity contribution < 1.29 is 9.53 Å². The molecule has 0 aliphatic carbocycles. The fraction of sp³-hybridized carbons (Fsp3) is 0.150. The Kier molecular flexibility index (Phi) is 6.49. The van der Waals surface area contributed by atoms with Gasteiger partial charge in [-0.05, 0) is 29.7 Å². The molecular weight excluding hydrogens is 286 g/mol. The van der Waals surface area contributed by atoms with Crippen LogP contribution in [0.2, 0.25) is 0 Å². The number of amides is 1. The second-order valence-electron chi connectivity index (χ2n) is 4.95. The van der Waals surface area contributed by atoms with E-state index in [0.29, 0.717) is 6.54 Å². The maximum atomic E-state index is 11.5. The topological polar surface area (TPSA) is 38.3 Å². The maximum Gasteiger partial charge on any atom is 0.407 e. The van der Waals surface area contributed by atoms with Crippen molar-refractivity contribution in [2.75, 3.05) is 6.54 Å². The predicted molar refractivity (Wildman–Crippen MR) is 92.7 cm³/mol. The van der Waals surface area contributed by atoms with Crippen molar-refractivity contribution in [3.05, 3.63) is 77.4 Å². The van der Waals surface area contributed by atoms with Crippen molar-refractivity contribution in [2.24, 2.45) is 0 Å². The van der Waals surface area contributed by atoms with Crippen LogP contribution in [-0.2, 0) is 11.3 Å². The van der Waals surface area contributed by atoms with E-state index in [0.717, 1.165) is 23.1 Å². The van der Waals surface area contributed by atoms with Crippen LogP contribution in [0.4, 0.5) is 4.79 Å². The molecule has 116 valence electrons. The summed E-state index contributed by atoms with van der Waals surface area (Å²) >= 11 is 0. The predicted octanol–water partition coefficient (Wildman–Crippen LogP) is 4.00. The van der Waals surface area contributed by atoms with E-state index in [1.54, 1.807) is 0 Å². The van der Waals surface area contributed by atoms with Gasteiger partial charge in [0.05, 0.1) is 0 Å². The average molecular weight is 305 g/mol. The maximum absolute atomic E-state index is 11.5. The molecule has 0 heterocycles. The van der Waals surface area contributed by atoms with Gasteiger partial charge in [-0.25, -0.2) is 4.79 Å². The quantitative estimate of drug-likeness (QED) is 0.647. The summed E-state index contributed by atoms with van der Waals surface area (Å²) in [5.74, 6) is 2.58. The smallest absolute Gasteiger partial charge is 0.407 e. The third-order valence-corrected chi connectivity index (χ3v) is 3.18. The molecule has 0 spiro atoms. The largest absolute Gasteiger partial charge is 0.445 e. The first-order chi connectivity index (χ1) is 11.3. The number of rotatable bonds is 6. The molecule has 2 rings (SSSR count). The van der Waals surface area contributed by atoms with Gasteiger partial charge in [-0.15, -0.1) is 6.42 Å². The number of benzene rings is 2. The highest BCUT2D eigenvalue weighted by molar-refractivity contribution is 5.67. The summed E-state index contributed by atoms with van der Waals surface area (Å²) in [6, 6.07) is 17.3. The van der Waals surface area contributed by atoms with Gasteiger partial charge in [0.1, 0.15) is 6.61 Å². The number of terminal acetylenes is 1. The molecule has 0 atom stereocenters. The third-order valence-electron chi connectivity index (χ3n) is 3.18. The van der Waals surface area contributed by atoms with Gasteiger partial charge in [0.15, 0.2) is 0 Å². The molecule has 0 aromatic heterocycles. The van der Waals surface area contributed by atoms with Crippen molar-refractivity contribution in [1.82, 2.24) is 5.32 Å². The van der Waals surface area contributed by atoms with Crippen molar-refractivity contribution in [3.63, 3.8) is 0 Å². The molecule has 1 N–H and O–H groups in total. The van der Waals surface area contributed by atoms with E-state index in [4.69, 9.17) is 11.2 Å². The molecule has 3 nitrogen and oxygen atoms in total. The third kappa shape index (κ3) is 6.11. The Balaban J connectivity index is 1.63. The lowest BCUT2D eigenvalue weighted by Crippen LogP contribution is -2.24. The second kappa shape index (κ2) is 9.11. The number of alkyl carbamates (subject to hydrolysis) is 1. The van der Waals surface area contributed by atoms with Crippen LogP contribution in [0.15, 0.2) is 60.7 Å². The summed E-state index contributed by atoms with van der Waals surface area (Å²) < 4.78 is 5.13. The number of ether oxygens (including phenoxy) is 1. The van der Waals surface area contributed by atoms with E-state index in [2.05, 4.69) is 11.2 Å². The molecule has 0 unspecified atom stereocenters. The molecule has 0 bridgehead atoms. The molecule has 3 heteroatoms. The zero-order chi connectivity index (χ0) is 16.3. The minimum atomic E-state index is -0.402. The van der Waals surface area contributed by atoms with Crippen LogP contribution < -0.4 is 5.32 Å². The Morgan fingerprint density at radius 2 is 1.87 bits per heavy atom. The lowest BCUT2D eigenvalue weighted by Gasteiger charge is -2.05. The minimum Gasteiger partial charge on any atom is -0.445 e. The number of hydrogen-bond donors (Lipinski definition) is 1. The van der Waals surface area contributed by atoms with Crippen LogP contribution >= 0.6 is 0 Å². The normalized spacial score (nSPS) is 10.2. The van der Waals surface area contributed by atoms with Crippen LogP contribution in [0.1, 0.15) is 23.1 Å². The summed E-state index contributed by atoms with van der Waals surface area (Å²) in [4.78, 5) is 11.5. The van der Waals surface area contributed by atoms with Gasteiger partial charge in [-0.2, -0.15) is 0 Å². The fourth-order valence-corrected chi connectivity index (χ4v) is 1.94. The van der Waals surface area contributed by atoms with Gasteiger partial charge in [-0.3, -0.25) is 0 Å². The van der Waals surface area contributed by atoms with Gasteiger partial charge in [-0.1, -0.05) is 60.5 Å². The lowest BCUT2D eigenvalue weighted by molar-refractivity contribution is 0.140. The highest BCUT2D eigenvalue weighted by Crippen LogP contribution is 2.05. The van der Waals surface area contributed by atoms with Crippen LogP contribution in [-0.4, -0.2) is 12.6 Å². The first-order valence-corrected chi connectivity index (χ1v) is 7.46. The van der Waals surface area contributed by atoms with E-state index in [1.807, 2.05) is 66.7 Å². The summed E-state index contributed by atoms with van der Waals surface area (Å²) in [5, 5.41) is 2.72. The Morgan fingerprint density at radius 3 is 2.57 bits per heavy atom. The number of nitrogens with one attached hydrogen (secondary N) is 1. The molecule has 0 saturated carbocycles. The molecule has 23 heavy (non-hydrogen) atoms. The highest BCUT2D eigenvalue weighted by atomic mass is 16.5. The molecule has 0 aliphatic rings. The lowest BCUT2D eigenvalue weighted by atomic mass is 10.1. The molecule has 2 aromatic rings. The van der Waals surface area contributed by atoms with Crippen molar-refractivity contribution >= 4 is 12.2 Å². The summed E-state index contributed by atoms with van der Waals surface area (Å²) in [7, 11) is 0. The second-order valence-corrected chi connectivity index (χ2v) is 4.95. The highest BCUT2D eigenvalue weighted by Gasteiger charge is 2.00. The van der Waals surface area contributed by atoms with Crippen LogP contribution in [0.5, 0.6) is 0 Å². The molecule has 0 fully saturated rings. The molecule has 1 amide bonds. The van der Waals surface area contributed by atoms with Gasteiger partial charge in [0, 0.05) is 12.1 Å². The molecular formula is C20H19NO2. The van der Waals surface area contributed by atoms with Gasteiger partial charge in [0.25, 0.3) is 0 Å². The molecule has 0 aliphatic heterocycles. The van der Waals surface area contributed by atoms with E-state index < -0.39 is 6.09 Å². The monoisotopic (exact) mass is 305 g/mol. The molecule has 0 radical (unpaired) electrons. The molecule has 0 saturated heterocycles. The number of carbonyl (C=O) groups excluding carboxylic acids is 1. The summed E-state index contributed by atoms with van der Waals surface area (Å²) in [6.45, 7) is 0.816. The van der Waals surface area contributed by atoms with Crippen LogP contribution in [0.25, 0.3) is 6.08 Å². The Morgan fingerprint density at radius 1 is 1.13 bits per heavy atom. The standard InChI is InChI=1S/C20H19NO2/c1-2-17-11-13-18(14-12-17)8-6-7-15-21-20(22)23-16-19-9-4-3-5-10-19/h1,3-6,8-14H,7,15-16H2,(H,21,22). The Bertz CT molecular complexity index is 682. The van der Waals surface area contributed by atoms with Crippen LogP contribution in [0.3, 0.4) is 0 Å². The first kappa shape index (κ1) is 16.4. The SMILES string of the molecule is C#Cc1ccc(C=CCCNC(=O)OCc2ccccc2)cc1. The van der Waals surface area contributed by atoms with Crippen molar-refractivity contribution in [3.8, 4) is 12.3 Å². The fourth-order valence-electron chi connectivity index (χ4n) is 1.94. The van der Waals surface area contributed by atoms with Crippen molar-refractivity contribution in [2.45, 2.75) is 13.0 Å². The van der Waals surface area contributed by atoms with E-state index >= 15 is 0 Å². The zero-order valence-electron chi connectivity index (χ0n) is 12.9. The Hall–Kier alpha value is -2.99. The zero-order valence-corrected chi connectivity index (χ0v) is 12.9. The van der Waals surface area contributed by atoms with E-state index in [-0.39, 0.29) is 6.61 Å².